The number of hydrogen-bond acceptors (Lipinski definition) is 4. The molecule has 0 bridgehead atoms. The maximum absolute atomic E-state index is 12.9. The van der Waals surface area contributed by atoms with Crippen molar-refractivity contribution in [2.45, 2.75) is 24.9 Å². The molecule has 25 heavy (non-hydrogen) atoms. The predicted octanol–water partition coefficient (Wildman–Crippen LogP) is 1.64. The Bertz CT molecular complexity index is 649. The number of amides is 1. The van der Waals surface area contributed by atoms with Crippen LogP contribution in [0.25, 0.3) is 0 Å². The van der Waals surface area contributed by atoms with Crippen molar-refractivity contribution in [1.82, 2.24) is 20.0 Å². The van der Waals surface area contributed by atoms with Gasteiger partial charge in [-0.1, -0.05) is 30.3 Å². The summed E-state index contributed by atoms with van der Waals surface area (Å²) in [6.45, 7) is 3.69. The number of hydrogen-bond donors (Lipinski definition) is 1. The Morgan fingerprint density at radius 2 is 2.00 bits per heavy atom. The monoisotopic (exact) mass is 342 g/mol. The topological polar surface area (TPSA) is 59.4 Å². The van der Waals surface area contributed by atoms with E-state index in [0.717, 1.165) is 32.5 Å². The molecule has 2 heterocycles. The quantitative estimate of drug-likeness (QED) is 0.777. The predicted molar refractivity (Wildman–Crippen MR) is 96.0 cm³/mol. The highest BCUT2D eigenvalue weighted by Crippen LogP contribution is 2.30. The summed E-state index contributed by atoms with van der Waals surface area (Å²) in [6, 6.07) is 12.3. The lowest BCUT2D eigenvalue weighted by Crippen LogP contribution is -2.55. The second-order valence-corrected chi connectivity index (χ2v) is 6.49. The van der Waals surface area contributed by atoms with Gasteiger partial charge in [-0.2, -0.15) is 5.10 Å². The molecule has 1 aromatic heterocycles. The van der Waals surface area contributed by atoms with E-state index in [0.29, 0.717) is 13.2 Å². The van der Waals surface area contributed by atoms with Crippen LogP contribution in [0, 0.1) is 0 Å². The Hall–Kier alpha value is -2.18. The normalized spacial score (nSPS) is 17.3. The zero-order valence-electron chi connectivity index (χ0n) is 14.7. The minimum atomic E-state index is -0.607. The molecule has 1 aliphatic rings. The van der Waals surface area contributed by atoms with E-state index in [2.05, 4.69) is 39.6 Å². The van der Waals surface area contributed by atoms with Crippen molar-refractivity contribution in [3.05, 3.63) is 54.4 Å². The molecule has 134 valence electrons. The molecule has 0 unspecified atom stereocenters. The van der Waals surface area contributed by atoms with Crippen molar-refractivity contribution in [3.63, 3.8) is 0 Å². The van der Waals surface area contributed by atoms with E-state index in [1.165, 1.54) is 5.56 Å². The van der Waals surface area contributed by atoms with Gasteiger partial charge in [-0.05, 0) is 24.5 Å². The van der Waals surface area contributed by atoms with Gasteiger partial charge in [0.2, 0.25) is 5.91 Å². The lowest BCUT2D eigenvalue weighted by Gasteiger charge is -2.40. The van der Waals surface area contributed by atoms with Gasteiger partial charge in [-0.3, -0.25) is 14.4 Å². The Morgan fingerprint density at radius 3 is 2.64 bits per heavy atom. The van der Waals surface area contributed by atoms with Crippen LogP contribution in [0.5, 0.6) is 0 Å². The standard InChI is InChI=1S/C19H26N4O2/c1-25-15-11-20-18(24)19(23-12-5-10-21-23)8-13-22(14-9-19)16-17-6-3-2-4-7-17/h2-7,10,12H,8-9,11,13-16H2,1H3,(H,20,24). The van der Waals surface area contributed by atoms with E-state index in [-0.39, 0.29) is 5.91 Å². The fourth-order valence-electron chi connectivity index (χ4n) is 3.44. The maximum atomic E-state index is 12.9. The van der Waals surface area contributed by atoms with Crippen LogP contribution >= 0.6 is 0 Å². The fraction of sp³-hybridized carbons (Fsp3) is 0.474. The summed E-state index contributed by atoms with van der Waals surface area (Å²) < 4.78 is 6.87. The molecule has 1 aromatic carbocycles. The number of aromatic nitrogens is 2. The Kier molecular flexibility index (Phi) is 5.83. The van der Waals surface area contributed by atoms with E-state index in [9.17, 15) is 4.79 Å². The number of carbonyl (C=O) groups is 1. The molecule has 2 aromatic rings. The summed E-state index contributed by atoms with van der Waals surface area (Å²) in [5.41, 5.74) is 0.698. The Labute approximate surface area is 148 Å². The fourth-order valence-corrected chi connectivity index (χ4v) is 3.44. The van der Waals surface area contributed by atoms with Crippen LogP contribution in [0.15, 0.2) is 48.8 Å². The molecule has 1 N–H and O–H groups in total. The van der Waals surface area contributed by atoms with Gasteiger partial charge in [0.05, 0.1) is 6.61 Å². The number of ether oxygens (including phenoxy) is 1. The van der Waals surface area contributed by atoms with Gasteiger partial charge >= 0.3 is 0 Å². The second kappa shape index (κ2) is 8.27. The van der Waals surface area contributed by atoms with Crippen molar-refractivity contribution in [1.29, 1.82) is 0 Å². The first-order chi connectivity index (χ1) is 12.2. The van der Waals surface area contributed by atoms with Gasteiger partial charge < -0.3 is 10.1 Å². The third kappa shape index (κ3) is 4.08. The van der Waals surface area contributed by atoms with Crippen molar-refractivity contribution in [2.75, 3.05) is 33.4 Å². The molecular formula is C19H26N4O2. The van der Waals surface area contributed by atoms with Crippen molar-refractivity contribution in [3.8, 4) is 0 Å². The van der Waals surface area contributed by atoms with Crippen LogP contribution in [0.3, 0.4) is 0 Å². The largest absolute Gasteiger partial charge is 0.383 e. The zero-order chi connectivity index (χ0) is 17.5. The molecule has 1 amide bonds. The smallest absolute Gasteiger partial charge is 0.248 e. The first-order valence-electron chi connectivity index (χ1n) is 8.78. The zero-order valence-corrected chi connectivity index (χ0v) is 14.7. The lowest BCUT2D eigenvalue weighted by atomic mass is 9.86. The molecule has 1 aliphatic heterocycles. The van der Waals surface area contributed by atoms with Gasteiger partial charge in [0.1, 0.15) is 5.54 Å². The van der Waals surface area contributed by atoms with Crippen LogP contribution in [0.1, 0.15) is 18.4 Å². The first-order valence-corrected chi connectivity index (χ1v) is 8.78. The summed E-state index contributed by atoms with van der Waals surface area (Å²) >= 11 is 0. The second-order valence-electron chi connectivity index (χ2n) is 6.49. The number of nitrogens with zero attached hydrogens (tertiary/aromatic N) is 3. The van der Waals surface area contributed by atoms with Gasteiger partial charge in [-0.25, -0.2) is 0 Å². The van der Waals surface area contributed by atoms with E-state index in [1.54, 1.807) is 13.3 Å². The highest BCUT2D eigenvalue weighted by atomic mass is 16.5. The molecular weight excluding hydrogens is 316 g/mol. The average molecular weight is 342 g/mol. The van der Waals surface area contributed by atoms with Gasteiger partial charge in [0.15, 0.2) is 0 Å². The lowest BCUT2D eigenvalue weighted by molar-refractivity contribution is -0.133. The SMILES string of the molecule is COCCNC(=O)C1(n2cccn2)CCN(Cc2ccccc2)CC1. The van der Waals surface area contributed by atoms with Crippen molar-refractivity contribution in [2.24, 2.45) is 0 Å². The van der Waals surface area contributed by atoms with Crippen LogP contribution < -0.4 is 5.32 Å². The number of nitrogens with one attached hydrogen (secondary N) is 1. The molecule has 6 heteroatoms. The van der Waals surface area contributed by atoms with Crippen LogP contribution in [0.2, 0.25) is 0 Å². The van der Waals surface area contributed by atoms with Crippen molar-refractivity contribution < 1.29 is 9.53 Å². The molecule has 1 fully saturated rings. The van der Waals surface area contributed by atoms with Crippen LogP contribution in [0.4, 0.5) is 0 Å². The summed E-state index contributed by atoms with van der Waals surface area (Å²) in [5, 5.41) is 7.38. The summed E-state index contributed by atoms with van der Waals surface area (Å²) in [7, 11) is 1.64. The van der Waals surface area contributed by atoms with Gasteiger partial charge in [0.25, 0.3) is 0 Å². The van der Waals surface area contributed by atoms with Gasteiger partial charge in [-0.15, -0.1) is 0 Å². The third-order valence-electron chi connectivity index (χ3n) is 4.89. The molecule has 0 spiro atoms. The minimum absolute atomic E-state index is 0.0348. The molecule has 1 saturated heterocycles. The molecule has 0 radical (unpaired) electrons. The van der Waals surface area contributed by atoms with E-state index >= 15 is 0 Å². The molecule has 0 aliphatic carbocycles. The first kappa shape index (κ1) is 17.6. The van der Waals surface area contributed by atoms with E-state index < -0.39 is 5.54 Å². The highest BCUT2D eigenvalue weighted by molar-refractivity contribution is 5.84. The highest BCUT2D eigenvalue weighted by Gasteiger charge is 2.43. The summed E-state index contributed by atoms with van der Waals surface area (Å²) in [5.74, 6) is 0.0348. The van der Waals surface area contributed by atoms with Crippen LogP contribution in [-0.4, -0.2) is 53.9 Å². The minimum Gasteiger partial charge on any atom is -0.383 e. The molecule has 0 saturated carbocycles. The maximum Gasteiger partial charge on any atom is 0.248 e. The number of rotatable bonds is 7. The van der Waals surface area contributed by atoms with Crippen molar-refractivity contribution >= 4 is 5.91 Å². The van der Waals surface area contributed by atoms with E-state index in [4.69, 9.17) is 4.74 Å². The third-order valence-corrected chi connectivity index (χ3v) is 4.89. The molecule has 3 rings (SSSR count). The number of methoxy groups -OCH3 is 1. The summed E-state index contributed by atoms with van der Waals surface area (Å²) in [4.78, 5) is 15.3. The number of carbonyl (C=O) groups excluding carboxylic acids is 1. The Morgan fingerprint density at radius 1 is 1.24 bits per heavy atom. The Balaban J connectivity index is 1.67. The number of piperidine rings is 1. The molecule has 6 nitrogen and oxygen atoms in total. The van der Waals surface area contributed by atoms with Crippen LogP contribution in [-0.2, 0) is 21.6 Å². The number of benzene rings is 1. The van der Waals surface area contributed by atoms with Gasteiger partial charge in [0, 0.05) is 45.7 Å². The van der Waals surface area contributed by atoms with E-state index in [1.807, 2.05) is 23.0 Å². The number of likely N-dealkylation sites (tertiary alicyclic amines) is 1. The summed E-state index contributed by atoms with van der Waals surface area (Å²) in [6.07, 6.45) is 5.13. The molecule has 0 atom stereocenters. The average Bonchev–Trinajstić information content (AvgIpc) is 3.19.